The average Bonchev–Trinajstić information content (AvgIpc) is 3.04. The topological polar surface area (TPSA) is 67.6 Å². The van der Waals surface area contributed by atoms with Gasteiger partial charge in [0.05, 0.1) is 22.7 Å². The summed E-state index contributed by atoms with van der Waals surface area (Å²) in [7, 11) is 0. The highest BCUT2D eigenvalue weighted by Gasteiger charge is 2.13. The van der Waals surface area contributed by atoms with Gasteiger partial charge in [-0.15, -0.1) is 5.10 Å². The monoisotopic (exact) mass is 250 g/mol. The van der Waals surface area contributed by atoms with Crippen molar-refractivity contribution in [1.82, 2.24) is 20.3 Å². The predicted octanol–water partition coefficient (Wildman–Crippen LogP) is 3.07. The highest BCUT2D eigenvalue weighted by atomic mass is 16.5. The van der Waals surface area contributed by atoms with E-state index in [4.69, 9.17) is 4.52 Å². The van der Waals surface area contributed by atoms with Crippen molar-refractivity contribution < 1.29 is 4.52 Å². The fourth-order valence-electron chi connectivity index (χ4n) is 2.30. The summed E-state index contributed by atoms with van der Waals surface area (Å²) in [5, 5.41) is 12.5. The fourth-order valence-corrected chi connectivity index (χ4v) is 2.30. The van der Waals surface area contributed by atoms with Gasteiger partial charge in [0.25, 0.3) is 0 Å². The van der Waals surface area contributed by atoms with Crippen molar-refractivity contribution in [2.75, 3.05) is 0 Å². The molecular formula is C14H10N4O. The largest absolute Gasteiger partial charge is 0.380 e. The molecule has 5 heteroatoms. The first kappa shape index (κ1) is 10.3. The molecule has 3 heterocycles. The van der Waals surface area contributed by atoms with Crippen LogP contribution in [0.5, 0.6) is 0 Å². The standard InChI is InChI=1S/C14H10N4O/c1-8-3-2-4-9(5-8)12-10-6-15-14-11(7-16-17-14)13(10)19-18-12/h2-7,18H,1H3. The molecule has 0 saturated carbocycles. The van der Waals surface area contributed by atoms with E-state index in [9.17, 15) is 0 Å². The number of rotatable bonds is 1. The van der Waals surface area contributed by atoms with Gasteiger partial charge in [-0.05, 0) is 13.0 Å². The van der Waals surface area contributed by atoms with Gasteiger partial charge in [0.1, 0.15) is 0 Å². The zero-order chi connectivity index (χ0) is 12.8. The summed E-state index contributed by atoms with van der Waals surface area (Å²) in [4.78, 5) is 4.30. The Morgan fingerprint density at radius 1 is 1.16 bits per heavy atom. The molecule has 0 unspecified atom stereocenters. The summed E-state index contributed by atoms with van der Waals surface area (Å²) >= 11 is 0. The van der Waals surface area contributed by atoms with Gasteiger partial charge in [0, 0.05) is 11.8 Å². The van der Waals surface area contributed by atoms with Crippen LogP contribution in [-0.4, -0.2) is 20.3 Å². The maximum Gasteiger partial charge on any atom is 0.187 e. The van der Waals surface area contributed by atoms with Gasteiger partial charge < -0.3 is 4.52 Å². The van der Waals surface area contributed by atoms with Crippen LogP contribution in [-0.2, 0) is 0 Å². The van der Waals surface area contributed by atoms with Crippen LogP contribution in [0, 0.1) is 6.92 Å². The smallest absolute Gasteiger partial charge is 0.187 e. The Kier molecular flexibility index (Phi) is 1.97. The lowest BCUT2D eigenvalue weighted by molar-refractivity contribution is 0.461. The number of pyridine rings is 1. The molecule has 0 saturated heterocycles. The molecule has 19 heavy (non-hydrogen) atoms. The minimum Gasteiger partial charge on any atom is -0.380 e. The van der Waals surface area contributed by atoms with Crippen LogP contribution >= 0.6 is 0 Å². The summed E-state index contributed by atoms with van der Waals surface area (Å²) in [5.41, 5.74) is 4.55. The van der Waals surface area contributed by atoms with Crippen LogP contribution in [0.3, 0.4) is 0 Å². The number of nitrogens with zero attached hydrogens (tertiary/aromatic N) is 3. The molecule has 0 aliphatic carbocycles. The molecule has 5 nitrogen and oxygen atoms in total. The minimum absolute atomic E-state index is 0.603. The van der Waals surface area contributed by atoms with Crippen LogP contribution in [0.1, 0.15) is 5.56 Å². The Hall–Kier alpha value is -2.69. The molecule has 4 aromatic rings. The molecule has 0 aliphatic heterocycles. The maximum atomic E-state index is 5.57. The number of benzene rings is 1. The molecule has 0 atom stereocenters. The maximum absolute atomic E-state index is 5.57. The van der Waals surface area contributed by atoms with Crippen molar-refractivity contribution in [3.05, 3.63) is 42.2 Å². The number of aryl methyl sites for hydroxylation is 1. The Morgan fingerprint density at radius 3 is 3.00 bits per heavy atom. The van der Waals surface area contributed by atoms with Gasteiger partial charge in [-0.25, -0.2) is 10.1 Å². The SMILES string of the molecule is Cc1cccc(-c2[nH]oc3c2cnc2nncc23)c1. The van der Waals surface area contributed by atoms with Crippen LogP contribution in [0.25, 0.3) is 33.3 Å². The molecule has 0 radical (unpaired) electrons. The zero-order valence-corrected chi connectivity index (χ0v) is 10.2. The zero-order valence-electron chi connectivity index (χ0n) is 10.2. The summed E-state index contributed by atoms with van der Waals surface area (Å²) in [6.45, 7) is 2.06. The van der Waals surface area contributed by atoms with Crippen LogP contribution in [0.4, 0.5) is 0 Å². The van der Waals surface area contributed by atoms with Crippen molar-refractivity contribution in [2.24, 2.45) is 0 Å². The van der Waals surface area contributed by atoms with E-state index < -0.39 is 0 Å². The third kappa shape index (κ3) is 1.45. The van der Waals surface area contributed by atoms with E-state index in [1.807, 2.05) is 12.1 Å². The van der Waals surface area contributed by atoms with Gasteiger partial charge >= 0.3 is 0 Å². The molecular weight excluding hydrogens is 240 g/mol. The third-order valence-electron chi connectivity index (χ3n) is 3.22. The van der Waals surface area contributed by atoms with Crippen molar-refractivity contribution >= 4 is 22.0 Å². The molecule has 0 amide bonds. The predicted molar refractivity (Wildman–Crippen MR) is 71.6 cm³/mol. The van der Waals surface area contributed by atoms with E-state index >= 15 is 0 Å². The lowest BCUT2D eigenvalue weighted by atomic mass is 10.1. The van der Waals surface area contributed by atoms with E-state index in [0.717, 1.165) is 27.6 Å². The Balaban J connectivity index is 2.05. The molecule has 1 N–H and O–H groups in total. The second-order valence-corrected chi connectivity index (χ2v) is 4.53. The number of hydrogen-bond donors (Lipinski definition) is 1. The van der Waals surface area contributed by atoms with Crippen molar-refractivity contribution in [3.63, 3.8) is 0 Å². The van der Waals surface area contributed by atoms with Gasteiger partial charge in [0.2, 0.25) is 0 Å². The quantitative estimate of drug-likeness (QED) is 0.563. The minimum atomic E-state index is 0.603. The fraction of sp³-hybridized carbons (Fsp3) is 0.0714. The van der Waals surface area contributed by atoms with E-state index in [1.54, 1.807) is 12.4 Å². The third-order valence-corrected chi connectivity index (χ3v) is 3.22. The average molecular weight is 250 g/mol. The summed E-state index contributed by atoms with van der Waals surface area (Å²) < 4.78 is 5.57. The number of fused-ring (bicyclic) bond motifs is 3. The second kappa shape index (κ2) is 3.65. The number of aromatic nitrogens is 4. The Morgan fingerprint density at radius 2 is 2.11 bits per heavy atom. The summed E-state index contributed by atoms with van der Waals surface area (Å²) in [5.74, 6) is 0. The van der Waals surface area contributed by atoms with E-state index in [0.29, 0.717) is 5.65 Å². The first-order valence-corrected chi connectivity index (χ1v) is 5.97. The normalized spacial score (nSPS) is 11.4. The highest BCUT2D eigenvalue weighted by molar-refractivity contribution is 6.05. The lowest BCUT2D eigenvalue weighted by Gasteiger charge is -1.99. The first-order valence-electron chi connectivity index (χ1n) is 5.97. The number of nitrogens with one attached hydrogen (secondary N) is 1. The summed E-state index contributed by atoms with van der Waals surface area (Å²) in [6.07, 6.45) is 3.44. The molecule has 0 bridgehead atoms. The second-order valence-electron chi connectivity index (χ2n) is 4.53. The number of aromatic amines is 1. The Labute approximate surface area is 108 Å². The van der Waals surface area contributed by atoms with E-state index in [-0.39, 0.29) is 0 Å². The van der Waals surface area contributed by atoms with E-state index in [1.165, 1.54) is 5.56 Å². The van der Waals surface area contributed by atoms with Gasteiger partial charge in [-0.1, -0.05) is 23.8 Å². The number of H-pyrrole nitrogens is 1. The summed E-state index contributed by atoms with van der Waals surface area (Å²) in [6, 6.07) is 8.23. The molecule has 0 aliphatic rings. The first-order chi connectivity index (χ1) is 9.33. The van der Waals surface area contributed by atoms with Crippen LogP contribution in [0.15, 0.2) is 41.2 Å². The van der Waals surface area contributed by atoms with Gasteiger partial charge in [-0.2, -0.15) is 5.10 Å². The van der Waals surface area contributed by atoms with Gasteiger partial charge in [-0.3, -0.25) is 0 Å². The Bertz CT molecular complexity index is 891. The van der Waals surface area contributed by atoms with Crippen LogP contribution < -0.4 is 0 Å². The molecule has 0 fully saturated rings. The van der Waals surface area contributed by atoms with Crippen molar-refractivity contribution in [3.8, 4) is 11.3 Å². The van der Waals surface area contributed by atoms with Crippen molar-refractivity contribution in [1.29, 1.82) is 0 Å². The highest BCUT2D eigenvalue weighted by Crippen LogP contribution is 2.31. The van der Waals surface area contributed by atoms with Crippen molar-refractivity contribution in [2.45, 2.75) is 6.92 Å². The molecule has 92 valence electrons. The van der Waals surface area contributed by atoms with Crippen LogP contribution in [0.2, 0.25) is 0 Å². The molecule has 0 spiro atoms. The van der Waals surface area contributed by atoms with Gasteiger partial charge in [0.15, 0.2) is 11.2 Å². The lowest BCUT2D eigenvalue weighted by Crippen LogP contribution is -1.81. The molecule has 3 aromatic heterocycles. The molecule has 1 aromatic carbocycles. The number of hydrogen-bond acceptors (Lipinski definition) is 4. The molecule has 4 rings (SSSR count). The van der Waals surface area contributed by atoms with E-state index in [2.05, 4.69) is 39.4 Å².